The van der Waals surface area contributed by atoms with Crippen molar-refractivity contribution in [1.29, 1.82) is 0 Å². The first-order chi connectivity index (χ1) is 9.49. The maximum Gasteiger partial charge on any atom is 0.307 e. The first kappa shape index (κ1) is 15.0. The van der Waals surface area contributed by atoms with E-state index in [4.69, 9.17) is 5.11 Å². The highest BCUT2D eigenvalue weighted by Gasteiger charge is 2.42. The third-order valence-electron chi connectivity index (χ3n) is 3.93. The smallest absolute Gasteiger partial charge is 0.307 e. The van der Waals surface area contributed by atoms with Crippen molar-refractivity contribution in [2.24, 2.45) is 11.8 Å². The highest BCUT2D eigenvalue weighted by Crippen LogP contribution is 2.35. The van der Waals surface area contributed by atoms with E-state index < -0.39 is 11.9 Å². The van der Waals surface area contributed by atoms with Crippen molar-refractivity contribution in [3.05, 3.63) is 34.3 Å². The number of hydrogen-bond acceptors (Lipinski definition) is 2. The molecule has 0 radical (unpaired) electrons. The van der Waals surface area contributed by atoms with Gasteiger partial charge in [0.25, 0.3) is 0 Å². The van der Waals surface area contributed by atoms with Crippen LogP contribution in [0.1, 0.15) is 18.4 Å². The summed E-state index contributed by atoms with van der Waals surface area (Å²) in [7, 11) is 1.75. The quantitative estimate of drug-likeness (QED) is 0.896. The van der Waals surface area contributed by atoms with Crippen LogP contribution in [0.15, 0.2) is 28.7 Å². The van der Waals surface area contributed by atoms with E-state index in [0.29, 0.717) is 19.4 Å². The molecule has 0 bridgehead atoms. The summed E-state index contributed by atoms with van der Waals surface area (Å²) < 4.78 is 1.03. The largest absolute Gasteiger partial charge is 0.481 e. The number of amides is 1. The Labute approximate surface area is 126 Å². The zero-order chi connectivity index (χ0) is 14.7. The molecule has 0 aromatic heterocycles. The van der Waals surface area contributed by atoms with Gasteiger partial charge in [0.15, 0.2) is 0 Å². The summed E-state index contributed by atoms with van der Waals surface area (Å²) in [5.74, 6) is -1.71. The number of aliphatic carboxylic acids is 1. The number of hydrogen-bond donors (Lipinski definition) is 1. The average Bonchev–Trinajstić information content (AvgIpc) is 2.35. The lowest BCUT2D eigenvalue weighted by atomic mass is 9.73. The van der Waals surface area contributed by atoms with E-state index in [1.165, 1.54) is 0 Å². The molecule has 2 unspecified atom stereocenters. The Morgan fingerprint density at radius 1 is 1.25 bits per heavy atom. The summed E-state index contributed by atoms with van der Waals surface area (Å²) in [5.41, 5.74) is 1.16. The molecule has 1 aliphatic rings. The van der Waals surface area contributed by atoms with E-state index in [2.05, 4.69) is 15.9 Å². The molecule has 1 amide bonds. The molecule has 1 N–H and O–H groups in total. The normalized spacial score (nSPS) is 21.1. The van der Waals surface area contributed by atoms with Crippen molar-refractivity contribution in [3.63, 3.8) is 0 Å². The first-order valence-electron chi connectivity index (χ1n) is 6.71. The van der Waals surface area contributed by atoms with Crippen molar-refractivity contribution >= 4 is 27.8 Å². The van der Waals surface area contributed by atoms with Crippen LogP contribution in [0, 0.1) is 11.8 Å². The summed E-state index contributed by atoms with van der Waals surface area (Å²) in [5, 5.41) is 8.99. The van der Waals surface area contributed by atoms with Gasteiger partial charge in [-0.15, -0.1) is 0 Å². The van der Waals surface area contributed by atoms with Crippen molar-refractivity contribution < 1.29 is 14.7 Å². The third-order valence-corrected chi connectivity index (χ3v) is 4.46. The van der Waals surface area contributed by atoms with E-state index in [1.54, 1.807) is 11.9 Å². The molecule has 0 heterocycles. The van der Waals surface area contributed by atoms with Crippen LogP contribution in [0.4, 0.5) is 0 Å². The molecule has 2 atom stereocenters. The summed E-state index contributed by atoms with van der Waals surface area (Å²) >= 11 is 3.38. The number of halogens is 1. The van der Waals surface area contributed by atoms with E-state index in [9.17, 15) is 9.59 Å². The fraction of sp³-hybridized carbons (Fsp3) is 0.467. The molecule has 5 heteroatoms. The van der Waals surface area contributed by atoms with Crippen LogP contribution in [0.5, 0.6) is 0 Å². The maximum absolute atomic E-state index is 12.2. The molecule has 20 heavy (non-hydrogen) atoms. The molecule has 1 aliphatic carbocycles. The van der Waals surface area contributed by atoms with Crippen LogP contribution >= 0.6 is 15.9 Å². The number of carboxylic acids is 1. The second kappa shape index (κ2) is 6.39. The Morgan fingerprint density at radius 3 is 2.35 bits per heavy atom. The van der Waals surface area contributed by atoms with Gasteiger partial charge in [0, 0.05) is 18.1 Å². The highest BCUT2D eigenvalue weighted by atomic mass is 79.9. The Morgan fingerprint density at radius 2 is 1.85 bits per heavy atom. The van der Waals surface area contributed by atoms with Gasteiger partial charge in [-0.1, -0.05) is 28.1 Å². The first-order valence-corrected chi connectivity index (χ1v) is 7.50. The van der Waals surface area contributed by atoms with Crippen LogP contribution in [-0.2, 0) is 16.0 Å². The second-order valence-electron chi connectivity index (χ2n) is 5.26. The monoisotopic (exact) mass is 339 g/mol. The standard InChI is InChI=1S/C15H18BrNO3/c1-17(9-8-10-2-4-11(16)5-3-10)14(18)12-6-7-13(12)15(19)20/h2-5,12-13H,6-9H2,1H3,(H,19,20). The zero-order valence-corrected chi connectivity index (χ0v) is 13.0. The minimum absolute atomic E-state index is 0.0410. The van der Waals surface area contributed by atoms with Gasteiger partial charge in [0.2, 0.25) is 5.91 Å². The van der Waals surface area contributed by atoms with E-state index in [1.807, 2.05) is 24.3 Å². The molecule has 2 rings (SSSR count). The number of likely N-dealkylation sites (N-methyl/N-ethyl adjacent to an activating group) is 1. The number of rotatable bonds is 5. The molecular weight excluding hydrogens is 322 g/mol. The summed E-state index contributed by atoms with van der Waals surface area (Å²) in [4.78, 5) is 24.8. The fourth-order valence-corrected chi connectivity index (χ4v) is 2.70. The summed E-state index contributed by atoms with van der Waals surface area (Å²) in [6.07, 6.45) is 2.09. The van der Waals surface area contributed by atoms with Gasteiger partial charge in [0.1, 0.15) is 0 Å². The predicted molar refractivity (Wildman–Crippen MR) is 79.3 cm³/mol. The topological polar surface area (TPSA) is 57.6 Å². The minimum Gasteiger partial charge on any atom is -0.481 e. The van der Waals surface area contributed by atoms with Gasteiger partial charge in [-0.05, 0) is 37.0 Å². The molecule has 4 nitrogen and oxygen atoms in total. The van der Waals surface area contributed by atoms with E-state index in [0.717, 1.165) is 16.5 Å². The lowest BCUT2D eigenvalue weighted by Crippen LogP contribution is -2.45. The molecular formula is C15H18BrNO3. The SMILES string of the molecule is CN(CCc1ccc(Br)cc1)C(=O)C1CCC1C(=O)O. The van der Waals surface area contributed by atoms with Gasteiger partial charge in [0.05, 0.1) is 11.8 Å². The molecule has 108 valence electrons. The molecule has 1 saturated carbocycles. The Hall–Kier alpha value is -1.36. The lowest BCUT2D eigenvalue weighted by Gasteiger charge is -2.35. The number of carboxylic acid groups (broad SMARTS) is 1. The maximum atomic E-state index is 12.2. The van der Waals surface area contributed by atoms with Crippen LogP contribution in [0.25, 0.3) is 0 Å². The number of nitrogens with zero attached hydrogens (tertiary/aromatic N) is 1. The zero-order valence-electron chi connectivity index (χ0n) is 11.4. The molecule has 0 saturated heterocycles. The van der Waals surface area contributed by atoms with Gasteiger partial charge in [-0.3, -0.25) is 9.59 Å². The Kier molecular flexibility index (Phi) is 4.81. The summed E-state index contributed by atoms with van der Waals surface area (Å²) in [6.45, 7) is 0.614. The van der Waals surface area contributed by atoms with Crippen LogP contribution in [0.2, 0.25) is 0 Å². The minimum atomic E-state index is -0.851. The van der Waals surface area contributed by atoms with Gasteiger partial charge < -0.3 is 10.0 Å². The van der Waals surface area contributed by atoms with E-state index in [-0.39, 0.29) is 11.8 Å². The van der Waals surface area contributed by atoms with Crippen molar-refractivity contribution in [3.8, 4) is 0 Å². The van der Waals surface area contributed by atoms with Crippen LogP contribution < -0.4 is 0 Å². The molecule has 1 fully saturated rings. The van der Waals surface area contributed by atoms with Crippen molar-refractivity contribution in [2.45, 2.75) is 19.3 Å². The highest BCUT2D eigenvalue weighted by molar-refractivity contribution is 9.10. The Balaban J connectivity index is 1.85. The van der Waals surface area contributed by atoms with Gasteiger partial charge in [-0.25, -0.2) is 0 Å². The van der Waals surface area contributed by atoms with E-state index >= 15 is 0 Å². The molecule has 1 aromatic carbocycles. The van der Waals surface area contributed by atoms with Crippen LogP contribution in [-0.4, -0.2) is 35.5 Å². The van der Waals surface area contributed by atoms with Gasteiger partial charge in [-0.2, -0.15) is 0 Å². The average molecular weight is 340 g/mol. The van der Waals surface area contributed by atoms with Gasteiger partial charge >= 0.3 is 5.97 Å². The number of carbonyl (C=O) groups is 2. The van der Waals surface area contributed by atoms with Crippen molar-refractivity contribution in [2.75, 3.05) is 13.6 Å². The van der Waals surface area contributed by atoms with Crippen LogP contribution in [0.3, 0.4) is 0 Å². The fourth-order valence-electron chi connectivity index (χ4n) is 2.43. The Bertz CT molecular complexity index is 500. The molecule has 0 aliphatic heterocycles. The lowest BCUT2D eigenvalue weighted by molar-refractivity contribution is -0.156. The summed E-state index contributed by atoms with van der Waals surface area (Å²) in [6, 6.07) is 7.99. The number of benzene rings is 1. The number of carbonyl (C=O) groups excluding carboxylic acids is 1. The second-order valence-corrected chi connectivity index (χ2v) is 6.18. The predicted octanol–water partition coefficient (Wildman–Crippen LogP) is 2.56. The molecule has 1 aromatic rings. The third kappa shape index (κ3) is 3.39. The molecule has 0 spiro atoms. The van der Waals surface area contributed by atoms with Crippen molar-refractivity contribution in [1.82, 2.24) is 4.90 Å².